The molecule has 0 amide bonds. The molecule has 0 N–H and O–H groups in total. The van der Waals surface area contributed by atoms with Gasteiger partial charge in [0, 0.05) is 66.1 Å². The minimum absolute atomic E-state index is 0.0725. The molecule has 16 aromatic rings. The van der Waals surface area contributed by atoms with Crippen molar-refractivity contribution in [2.24, 2.45) is 0 Å². The van der Waals surface area contributed by atoms with Crippen molar-refractivity contribution in [1.29, 1.82) is 10.5 Å². The number of aromatic nitrogens is 3. The zero-order valence-corrected chi connectivity index (χ0v) is 57.6. The van der Waals surface area contributed by atoms with Crippen LogP contribution in [0.1, 0.15) is 90.1 Å². The van der Waals surface area contributed by atoms with Gasteiger partial charge in [0.25, 0.3) is 6.71 Å². The lowest BCUT2D eigenvalue weighted by molar-refractivity contribution is 0.488. The molecule has 13 aromatic carbocycles. The summed E-state index contributed by atoms with van der Waals surface area (Å²) in [4.78, 5) is 2.53. The van der Waals surface area contributed by atoms with Crippen molar-refractivity contribution in [1.82, 2.24) is 13.7 Å². The van der Waals surface area contributed by atoms with Crippen LogP contribution in [0.5, 0.6) is 11.5 Å². The monoisotopic (exact) mass is 1290 g/mol. The Morgan fingerprint density at radius 3 is 1.27 bits per heavy atom. The van der Waals surface area contributed by atoms with Crippen LogP contribution >= 0.6 is 0 Å². The van der Waals surface area contributed by atoms with Gasteiger partial charge in [-0.05, 0) is 193 Å². The quantitative estimate of drug-likeness (QED) is 0.149. The highest BCUT2D eigenvalue weighted by Gasteiger charge is 2.44. The first-order chi connectivity index (χ1) is 48.4. The molecule has 0 saturated heterocycles. The van der Waals surface area contributed by atoms with E-state index in [2.05, 4.69) is 342 Å². The molecule has 8 heteroatoms. The zero-order valence-electron chi connectivity index (χ0n) is 57.6. The number of nitrogens with zero attached hydrogens (tertiary/aromatic N) is 6. The highest BCUT2D eigenvalue weighted by molar-refractivity contribution is 6.99. The van der Waals surface area contributed by atoms with Gasteiger partial charge in [0.1, 0.15) is 11.5 Å². The Balaban J connectivity index is 0.947. The predicted octanol–water partition coefficient (Wildman–Crippen LogP) is 22.0. The standard InChI is InChI=1S/C92H71BN6O/c1-90(2,3)61-34-42-82(71(50-61)58-21-11-10-12-22-58)99-85-53-64(96-83-43-35-62(91(4,5)6)51-72(83)73-52-63(92(7,8)9)36-44-84(73)96)37-39-74(85)93-75-38-33-59(69-45-56(54-94)31-40-80(69)97-76-27-17-13-23-65(76)66-24-14-18-28-77(66)97)48-87(75)100-88-49-60(47-86(99)89(88)93)70-46-57(55-95)32-41-81(70)98-78-29-19-15-25-67(78)68-26-16-20-30-79(68)98/h10-53H,1-9H3. The van der Waals surface area contributed by atoms with Crippen LogP contribution in [0.15, 0.2) is 267 Å². The van der Waals surface area contributed by atoms with E-state index in [0.717, 1.165) is 144 Å². The second-order valence-corrected chi connectivity index (χ2v) is 30.3. The number of hydrogen-bond acceptors (Lipinski definition) is 4. The molecule has 100 heavy (non-hydrogen) atoms. The number of fused-ring (bicyclic) bond motifs is 13. The number of hydrogen-bond donors (Lipinski definition) is 0. The van der Waals surface area contributed by atoms with Crippen molar-refractivity contribution in [2.45, 2.75) is 78.6 Å². The molecule has 5 heterocycles. The van der Waals surface area contributed by atoms with Gasteiger partial charge in [0.2, 0.25) is 0 Å². The maximum absolute atomic E-state index is 11.0. The third kappa shape index (κ3) is 9.38. The summed E-state index contributed by atoms with van der Waals surface area (Å²) in [6.45, 7) is 20.4. The van der Waals surface area contributed by atoms with Gasteiger partial charge in [-0.1, -0.05) is 202 Å². The van der Waals surface area contributed by atoms with Gasteiger partial charge in [-0.3, -0.25) is 0 Å². The topological polar surface area (TPSA) is 74.8 Å². The van der Waals surface area contributed by atoms with Gasteiger partial charge in [-0.25, -0.2) is 0 Å². The molecule has 0 spiro atoms. The molecular formula is C92H71BN6O. The van der Waals surface area contributed by atoms with E-state index in [-0.39, 0.29) is 23.0 Å². The smallest absolute Gasteiger partial charge is 0.256 e. The second-order valence-electron chi connectivity index (χ2n) is 30.3. The van der Waals surface area contributed by atoms with Crippen LogP contribution in [0, 0.1) is 22.7 Å². The molecule has 0 saturated carbocycles. The SMILES string of the molecule is CC(C)(C)c1ccc(N2c3cc(-n4c5ccc(C(C)(C)C)cc5c5cc(C(C)(C)C)ccc54)ccc3B3c4ccc(-c5cc(C#N)ccc5-n5c6ccccc6c6ccccc65)cc4Oc4cc(-c5cc(C#N)ccc5-n5c6ccccc6c6ccccc65)cc2c43)c(-c2ccccc2)c1. The fourth-order valence-electron chi connectivity index (χ4n) is 16.2. The van der Waals surface area contributed by atoms with E-state index in [0.29, 0.717) is 16.9 Å². The normalized spacial score (nSPS) is 12.9. The summed E-state index contributed by atoms with van der Waals surface area (Å²) >= 11 is 0. The molecule has 0 radical (unpaired) electrons. The number of nitriles is 2. The molecule has 18 rings (SSSR count). The third-order valence-electron chi connectivity index (χ3n) is 21.2. The summed E-state index contributed by atoms with van der Waals surface area (Å²) in [5, 5.41) is 28.7. The number of anilines is 3. The zero-order chi connectivity index (χ0) is 68.3. The average Bonchev–Trinajstić information content (AvgIpc) is 0.925. The van der Waals surface area contributed by atoms with Crippen molar-refractivity contribution >= 4 is 106 Å². The van der Waals surface area contributed by atoms with Crippen LogP contribution in [-0.4, -0.2) is 20.4 Å². The van der Waals surface area contributed by atoms with Crippen molar-refractivity contribution in [3.63, 3.8) is 0 Å². The number of benzene rings is 13. The van der Waals surface area contributed by atoms with E-state index in [1.807, 2.05) is 18.2 Å². The second kappa shape index (κ2) is 22.2. The van der Waals surface area contributed by atoms with Gasteiger partial charge in [-0.2, -0.15) is 10.5 Å². The fourth-order valence-corrected chi connectivity index (χ4v) is 16.2. The van der Waals surface area contributed by atoms with Crippen LogP contribution < -0.4 is 26.0 Å². The Morgan fingerprint density at radius 2 is 0.750 bits per heavy atom. The summed E-state index contributed by atoms with van der Waals surface area (Å²) in [6, 6.07) is 102. The van der Waals surface area contributed by atoms with E-state index < -0.39 is 0 Å². The Labute approximate surface area is 583 Å². The lowest BCUT2D eigenvalue weighted by Crippen LogP contribution is -2.59. The Hall–Kier alpha value is -12.1. The average molecular weight is 1290 g/mol. The molecule has 0 fully saturated rings. The maximum Gasteiger partial charge on any atom is 0.256 e. The largest absolute Gasteiger partial charge is 0.458 e. The van der Waals surface area contributed by atoms with E-state index >= 15 is 0 Å². The molecular weight excluding hydrogens is 1220 g/mol. The van der Waals surface area contributed by atoms with E-state index in [9.17, 15) is 10.5 Å². The summed E-state index contributed by atoms with van der Waals surface area (Å²) < 4.78 is 14.9. The molecule has 478 valence electrons. The molecule has 0 aliphatic carbocycles. The van der Waals surface area contributed by atoms with Crippen LogP contribution in [0.4, 0.5) is 17.1 Å². The van der Waals surface area contributed by atoms with Crippen molar-refractivity contribution in [3.05, 3.63) is 295 Å². The van der Waals surface area contributed by atoms with Crippen LogP contribution in [-0.2, 0) is 16.2 Å². The molecule has 0 unspecified atom stereocenters. The van der Waals surface area contributed by atoms with Gasteiger partial charge < -0.3 is 23.3 Å². The highest BCUT2D eigenvalue weighted by Crippen LogP contribution is 2.50. The lowest BCUT2D eigenvalue weighted by atomic mass is 9.34. The maximum atomic E-state index is 11.0. The summed E-state index contributed by atoms with van der Waals surface area (Å²) in [5.41, 5.74) is 26.1. The van der Waals surface area contributed by atoms with Crippen LogP contribution in [0.3, 0.4) is 0 Å². The summed E-state index contributed by atoms with van der Waals surface area (Å²) in [7, 11) is 0. The summed E-state index contributed by atoms with van der Waals surface area (Å²) in [6.07, 6.45) is 0. The van der Waals surface area contributed by atoms with E-state index in [1.54, 1.807) is 0 Å². The number of para-hydroxylation sites is 4. The van der Waals surface area contributed by atoms with Crippen LogP contribution in [0.2, 0.25) is 0 Å². The first kappa shape index (κ1) is 60.3. The molecule has 0 bridgehead atoms. The molecule has 3 aromatic heterocycles. The molecule has 0 atom stereocenters. The predicted molar refractivity (Wildman–Crippen MR) is 417 cm³/mol. The van der Waals surface area contributed by atoms with Crippen LogP contribution in [0.25, 0.3) is 116 Å². The van der Waals surface area contributed by atoms with E-state index in [1.165, 1.54) is 27.5 Å². The van der Waals surface area contributed by atoms with Gasteiger partial charge in [0.05, 0.1) is 73.4 Å². The highest BCUT2D eigenvalue weighted by atomic mass is 16.5. The van der Waals surface area contributed by atoms with Gasteiger partial charge >= 0.3 is 0 Å². The first-order valence-corrected chi connectivity index (χ1v) is 34.7. The van der Waals surface area contributed by atoms with Gasteiger partial charge in [-0.15, -0.1) is 0 Å². The molecule has 2 aliphatic rings. The van der Waals surface area contributed by atoms with Gasteiger partial charge in [0.15, 0.2) is 0 Å². The van der Waals surface area contributed by atoms with Crippen molar-refractivity contribution in [3.8, 4) is 74.1 Å². The Bertz CT molecular complexity index is 6070. The summed E-state index contributed by atoms with van der Waals surface area (Å²) in [5.74, 6) is 1.43. The molecule has 2 aliphatic heterocycles. The number of ether oxygens (including phenoxy) is 1. The fraction of sp³-hybridized carbons (Fsp3) is 0.130. The Morgan fingerprint density at radius 1 is 0.310 bits per heavy atom. The Kier molecular flexibility index (Phi) is 13.4. The number of rotatable bonds is 7. The lowest BCUT2D eigenvalue weighted by Gasteiger charge is -2.41. The molecule has 7 nitrogen and oxygen atoms in total. The van der Waals surface area contributed by atoms with E-state index in [4.69, 9.17) is 4.74 Å². The minimum atomic E-state index is -0.322. The third-order valence-corrected chi connectivity index (χ3v) is 21.2. The first-order valence-electron chi connectivity index (χ1n) is 34.7. The van der Waals surface area contributed by atoms with Crippen molar-refractivity contribution < 1.29 is 4.74 Å². The minimum Gasteiger partial charge on any atom is -0.458 e. The van der Waals surface area contributed by atoms with Crippen molar-refractivity contribution in [2.75, 3.05) is 4.90 Å².